The Hall–Kier alpha value is -1.78. The summed E-state index contributed by atoms with van der Waals surface area (Å²) in [5.41, 5.74) is 5.33. The zero-order chi connectivity index (χ0) is 40.0. The van der Waals surface area contributed by atoms with E-state index in [0.29, 0.717) is 12.8 Å². The van der Waals surface area contributed by atoms with E-state index in [-0.39, 0.29) is 19.4 Å². The molecule has 12 heteroatoms. The molecule has 0 fully saturated rings. The molecule has 11 nitrogen and oxygen atoms in total. The molecule has 0 aliphatic carbocycles. The standard InChI is InChI=1S/C42H80NO10P/c1-3-5-7-9-11-13-15-17-18-19-20-21-22-24-25-27-29-31-33-40(44)50-35-38(36-51-54(48,49)52-37-39(43)42(46)47)53-41(45)34-32-30-28-26-23-16-14-12-10-8-6-4-2/h12,14,38-39H,3-11,13,15-37,43H2,1-2H3,(H,46,47)(H,48,49)/b14-12-. The molecule has 0 saturated heterocycles. The first-order valence-electron chi connectivity index (χ1n) is 21.7. The van der Waals surface area contributed by atoms with Gasteiger partial charge in [-0.2, -0.15) is 0 Å². The molecule has 0 aromatic heterocycles. The number of carboxylic acids is 1. The number of carbonyl (C=O) groups excluding carboxylic acids is 2. The number of phosphoric acid groups is 1. The third-order valence-corrected chi connectivity index (χ3v) is 10.5. The lowest BCUT2D eigenvalue weighted by Crippen LogP contribution is -2.34. The molecule has 0 amide bonds. The number of aliphatic carboxylic acids is 1. The van der Waals surface area contributed by atoms with Gasteiger partial charge < -0.3 is 25.2 Å². The molecule has 0 aliphatic rings. The van der Waals surface area contributed by atoms with E-state index in [1.807, 2.05) is 0 Å². The Morgan fingerprint density at radius 1 is 0.556 bits per heavy atom. The molecule has 3 unspecified atom stereocenters. The normalized spacial score (nSPS) is 13.9. The molecule has 0 bridgehead atoms. The quantitative estimate of drug-likeness (QED) is 0.0233. The number of phosphoric ester groups is 1. The minimum absolute atomic E-state index is 0.155. The maximum atomic E-state index is 12.6. The van der Waals surface area contributed by atoms with Gasteiger partial charge in [0.1, 0.15) is 12.6 Å². The Labute approximate surface area is 328 Å². The number of ether oxygens (including phenoxy) is 2. The lowest BCUT2D eigenvalue weighted by Gasteiger charge is -2.20. The molecule has 0 radical (unpaired) electrons. The fraction of sp³-hybridized carbons (Fsp3) is 0.881. The number of unbranched alkanes of at least 4 members (excludes halogenated alkanes) is 25. The summed E-state index contributed by atoms with van der Waals surface area (Å²) in [5, 5.41) is 8.88. The Kier molecular flexibility index (Phi) is 36.9. The van der Waals surface area contributed by atoms with Crippen LogP contribution in [-0.4, -0.2) is 59.9 Å². The monoisotopic (exact) mass is 790 g/mol. The predicted molar refractivity (Wildman–Crippen MR) is 217 cm³/mol. The SMILES string of the molecule is CCCCC/C=C\CCCCCCCC(=O)OC(COC(=O)CCCCCCCCCCCCCCCCCCCC)COP(=O)(O)OCC(N)C(=O)O. The van der Waals surface area contributed by atoms with Crippen LogP contribution in [0.4, 0.5) is 0 Å². The molecule has 0 aliphatic heterocycles. The largest absolute Gasteiger partial charge is 0.480 e. The van der Waals surface area contributed by atoms with Crippen LogP contribution in [0.15, 0.2) is 12.2 Å². The van der Waals surface area contributed by atoms with E-state index in [1.165, 1.54) is 109 Å². The maximum absolute atomic E-state index is 12.6. The highest BCUT2D eigenvalue weighted by Gasteiger charge is 2.28. The summed E-state index contributed by atoms with van der Waals surface area (Å²) in [4.78, 5) is 45.9. The van der Waals surface area contributed by atoms with E-state index in [4.69, 9.17) is 24.8 Å². The molecular formula is C42H80NO10P. The van der Waals surface area contributed by atoms with Gasteiger partial charge in [-0.25, -0.2) is 4.57 Å². The zero-order valence-corrected chi connectivity index (χ0v) is 35.2. The molecular weight excluding hydrogens is 709 g/mol. The molecule has 0 aromatic rings. The van der Waals surface area contributed by atoms with E-state index >= 15 is 0 Å². The van der Waals surface area contributed by atoms with E-state index in [0.717, 1.165) is 57.8 Å². The van der Waals surface area contributed by atoms with Crippen molar-refractivity contribution in [2.45, 2.75) is 219 Å². The van der Waals surface area contributed by atoms with Crippen LogP contribution < -0.4 is 5.73 Å². The fourth-order valence-electron chi connectivity index (χ4n) is 6.06. The van der Waals surface area contributed by atoms with Crippen molar-refractivity contribution < 1.29 is 47.5 Å². The zero-order valence-electron chi connectivity index (χ0n) is 34.3. The third kappa shape index (κ3) is 37.2. The number of carboxylic acid groups (broad SMARTS) is 1. The van der Waals surface area contributed by atoms with Gasteiger partial charge in [-0.05, 0) is 38.5 Å². The predicted octanol–water partition coefficient (Wildman–Crippen LogP) is 11.3. The van der Waals surface area contributed by atoms with E-state index in [1.54, 1.807) is 0 Å². The number of hydrogen-bond donors (Lipinski definition) is 3. The smallest absolute Gasteiger partial charge is 0.472 e. The molecule has 0 saturated carbocycles. The minimum atomic E-state index is -4.71. The summed E-state index contributed by atoms with van der Waals surface area (Å²) in [6.45, 7) is 2.79. The number of nitrogens with two attached hydrogens (primary N) is 1. The Bertz CT molecular complexity index is 979. The van der Waals surface area contributed by atoms with Crippen molar-refractivity contribution >= 4 is 25.7 Å². The summed E-state index contributed by atoms with van der Waals surface area (Å²) in [6.07, 6.45) is 37.1. The van der Waals surface area contributed by atoms with Gasteiger partial charge in [-0.15, -0.1) is 0 Å². The first kappa shape index (κ1) is 52.2. The van der Waals surface area contributed by atoms with Crippen molar-refractivity contribution in [3.05, 3.63) is 12.2 Å². The van der Waals surface area contributed by atoms with Gasteiger partial charge in [0.05, 0.1) is 13.2 Å². The van der Waals surface area contributed by atoms with Crippen LogP contribution in [0.3, 0.4) is 0 Å². The molecule has 0 spiro atoms. The molecule has 318 valence electrons. The molecule has 0 aromatic carbocycles. The fourth-order valence-corrected chi connectivity index (χ4v) is 6.84. The number of carbonyl (C=O) groups is 3. The van der Waals surface area contributed by atoms with Gasteiger partial charge in [-0.1, -0.05) is 167 Å². The second-order valence-corrected chi connectivity index (χ2v) is 16.3. The Morgan fingerprint density at radius 3 is 1.39 bits per heavy atom. The molecule has 4 N–H and O–H groups in total. The lowest BCUT2D eigenvalue weighted by atomic mass is 10.0. The van der Waals surface area contributed by atoms with Gasteiger partial charge in [0.15, 0.2) is 6.10 Å². The summed E-state index contributed by atoms with van der Waals surface area (Å²) in [7, 11) is -4.71. The van der Waals surface area contributed by atoms with Gasteiger partial charge >= 0.3 is 25.7 Å². The topological polar surface area (TPSA) is 172 Å². The van der Waals surface area contributed by atoms with Gasteiger partial charge in [-0.3, -0.25) is 23.4 Å². The summed E-state index contributed by atoms with van der Waals surface area (Å²) in [6, 6.07) is -1.52. The van der Waals surface area contributed by atoms with Crippen molar-refractivity contribution in [3.8, 4) is 0 Å². The number of rotatable bonds is 41. The van der Waals surface area contributed by atoms with Crippen LogP contribution in [0.25, 0.3) is 0 Å². The van der Waals surface area contributed by atoms with Gasteiger partial charge in [0.2, 0.25) is 0 Å². The van der Waals surface area contributed by atoms with Crippen LogP contribution >= 0.6 is 7.82 Å². The molecule has 54 heavy (non-hydrogen) atoms. The minimum Gasteiger partial charge on any atom is -0.480 e. The van der Waals surface area contributed by atoms with Crippen molar-refractivity contribution in [1.29, 1.82) is 0 Å². The van der Waals surface area contributed by atoms with E-state index in [9.17, 15) is 23.8 Å². The average molecular weight is 790 g/mol. The maximum Gasteiger partial charge on any atom is 0.472 e. The highest BCUT2D eigenvalue weighted by Crippen LogP contribution is 2.43. The van der Waals surface area contributed by atoms with Crippen molar-refractivity contribution in [2.24, 2.45) is 5.73 Å². The van der Waals surface area contributed by atoms with Crippen LogP contribution in [0.2, 0.25) is 0 Å². The first-order valence-corrected chi connectivity index (χ1v) is 23.2. The van der Waals surface area contributed by atoms with Crippen molar-refractivity contribution in [1.82, 2.24) is 0 Å². The summed E-state index contributed by atoms with van der Waals surface area (Å²) < 4.78 is 32.6. The highest BCUT2D eigenvalue weighted by atomic mass is 31.2. The van der Waals surface area contributed by atoms with Gasteiger partial charge in [0.25, 0.3) is 0 Å². The second kappa shape index (κ2) is 38.1. The highest BCUT2D eigenvalue weighted by molar-refractivity contribution is 7.47. The van der Waals surface area contributed by atoms with E-state index < -0.39 is 51.1 Å². The molecule has 0 rings (SSSR count). The van der Waals surface area contributed by atoms with Crippen molar-refractivity contribution in [3.63, 3.8) is 0 Å². The van der Waals surface area contributed by atoms with Gasteiger partial charge in [0, 0.05) is 12.8 Å². The van der Waals surface area contributed by atoms with Crippen LogP contribution in [0.1, 0.15) is 206 Å². The Morgan fingerprint density at radius 2 is 0.926 bits per heavy atom. The van der Waals surface area contributed by atoms with E-state index in [2.05, 4.69) is 30.5 Å². The number of esters is 2. The molecule has 3 atom stereocenters. The van der Waals surface area contributed by atoms with Crippen LogP contribution in [-0.2, 0) is 37.5 Å². The number of allylic oxidation sites excluding steroid dienone is 2. The summed E-state index contributed by atoms with van der Waals surface area (Å²) in [5.74, 6) is -2.38. The molecule has 0 heterocycles. The lowest BCUT2D eigenvalue weighted by molar-refractivity contribution is -0.161. The summed E-state index contributed by atoms with van der Waals surface area (Å²) >= 11 is 0. The first-order chi connectivity index (χ1) is 26.1. The van der Waals surface area contributed by atoms with Crippen molar-refractivity contribution in [2.75, 3.05) is 19.8 Å². The van der Waals surface area contributed by atoms with Crippen LogP contribution in [0, 0.1) is 0 Å². The third-order valence-electron chi connectivity index (χ3n) is 9.51. The Balaban J connectivity index is 4.29. The number of hydrogen-bond acceptors (Lipinski definition) is 9. The second-order valence-electron chi connectivity index (χ2n) is 14.8. The average Bonchev–Trinajstić information content (AvgIpc) is 3.14. The van der Waals surface area contributed by atoms with Crippen LogP contribution in [0.5, 0.6) is 0 Å².